The molecule has 0 aliphatic heterocycles. The van der Waals surface area contributed by atoms with Gasteiger partial charge in [0.25, 0.3) is 0 Å². The summed E-state index contributed by atoms with van der Waals surface area (Å²) in [7, 11) is -4.07. The van der Waals surface area contributed by atoms with Crippen molar-refractivity contribution in [1.82, 2.24) is 0 Å². The summed E-state index contributed by atoms with van der Waals surface area (Å²) in [5.74, 6) is -0.998. The van der Waals surface area contributed by atoms with E-state index in [2.05, 4.69) is 4.65 Å². The lowest BCUT2D eigenvalue weighted by molar-refractivity contribution is 0.431. The molecule has 0 amide bonds. The molecule has 0 bridgehead atoms. The summed E-state index contributed by atoms with van der Waals surface area (Å²) >= 11 is 0. The monoisotopic (exact) mass is 218 g/mol. The number of halogens is 1. The van der Waals surface area contributed by atoms with E-state index in [4.69, 9.17) is 5.02 Å². The summed E-state index contributed by atoms with van der Waals surface area (Å²) in [6.45, 7) is 0. The summed E-state index contributed by atoms with van der Waals surface area (Å²) in [5, 5.41) is 8.37. The Balaban J connectivity index is 3.13. The molecule has 1 rings (SSSR count). The van der Waals surface area contributed by atoms with Gasteiger partial charge in [-0.2, -0.15) is 0 Å². The van der Waals surface area contributed by atoms with E-state index in [1.165, 1.54) is 6.07 Å². The zero-order valence-electron chi connectivity index (χ0n) is 7.40. The van der Waals surface area contributed by atoms with Crippen LogP contribution in [-0.2, 0) is 9.84 Å². The second kappa shape index (κ2) is 3.97. The van der Waals surface area contributed by atoms with Gasteiger partial charge in [-0.05, 0) is 18.2 Å². The minimum atomic E-state index is -3.42. The molecule has 14 heavy (non-hydrogen) atoms. The maximum atomic E-state index is 13.1. The van der Waals surface area contributed by atoms with Gasteiger partial charge >= 0.3 is 7.69 Å². The first-order valence-electron chi connectivity index (χ1n) is 3.68. The Hall–Kier alpha value is -1.08. The Morgan fingerprint density at radius 1 is 1.50 bits per heavy atom. The number of rotatable bonds is 3. The zero-order valence-corrected chi connectivity index (χ0v) is 8.21. The first-order valence-corrected chi connectivity index (χ1v) is 5.57. The SMILES string of the molecule is CS(=O)(=O)c1ccc(OBO)c(F)c1. The van der Waals surface area contributed by atoms with E-state index < -0.39 is 23.3 Å². The lowest BCUT2D eigenvalue weighted by Gasteiger charge is -2.04. The highest BCUT2D eigenvalue weighted by Crippen LogP contribution is 2.20. The molecule has 1 N–H and O–H groups in total. The van der Waals surface area contributed by atoms with Crippen LogP contribution in [0.3, 0.4) is 0 Å². The number of benzene rings is 1. The molecule has 0 atom stereocenters. The first-order chi connectivity index (χ1) is 6.45. The average molecular weight is 218 g/mol. The highest BCUT2D eigenvalue weighted by Gasteiger charge is 2.11. The van der Waals surface area contributed by atoms with E-state index >= 15 is 0 Å². The Kier molecular flexibility index (Phi) is 3.12. The van der Waals surface area contributed by atoms with Crippen molar-refractivity contribution in [3.8, 4) is 5.75 Å². The maximum absolute atomic E-state index is 13.1. The molecular weight excluding hydrogens is 210 g/mol. The summed E-state index contributed by atoms with van der Waals surface area (Å²) in [4.78, 5) is -0.125. The third kappa shape index (κ3) is 2.46. The van der Waals surface area contributed by atoms with Gasteiger partial charge < -0.3 is 9.68 Å². The zero-order chi connectivity index (χ0) is 10.8. The van der Waals surface area contributed by atoms with E-state index in [1.807, 2.05) is 0 Å². The molecule has 0 saturated carbocycles. The minimum Gasteiger partial charge on any atom is -0.537 e. The Morgan fingerprint density at radius 3 is 2.57 bits per heavy atom. The Morgan fingerprint density at radius 2 is 2.14 bits per heavy atom. The molecule has 76 valence electrons. The van der Waals surface area contributed by atoms with Crippen molar-refractivity contribution in [3.63, 3.8) is 0 Å². The predicted molar refractivity (Wildman–Crippen MR) is 49.5 cm³/mol. The third-order valence-corrected chi connectivity index (χ3v) is 2.66. The molecule has 0 unspecified atom stereocenters. The number of hydrogen-bond donors (Lipinski definition) is 1. The van der Waals surface area contributed by atoms with E-state index in [-0.39, 0.29) is 10.6 Å². The van der Waals surface area contributed by atoms with Crippen LogP contribution in [0.1, 0.15) is 0 Å². The molecule has 0 aliphatic rings. The van der Waals surface area contributed by atoms with Crippen LogP contribution in [-0.4, -0.2) is 27.4 Å². The van der Waals surface area contributed by atoms with Crippen molar-refractivity contribution in [1.29, 1.82) is 0 Å². The van der Waals surface area contributed by atoms with Gasteiger partial charge in [0.15, 0.2) is 15.7 Å². The second-order valence-electron chi connectivity index (χ2n) is 2.64. The molecule has 0 saturated heterocycles. The quantitative estimate of drug-likeness (QED) is 0.717. The van der Waals surface area contributed by atoms with Crippen LogP contribution < -0.4 is 4.65 Å². The molecule has 1 aromatic carbocycles. The van der Waals surface area contributed by atoms with Crippen LogP contribution >= 0.6 is 0 Å². The summed E-state index contributed by atoms with van der Waals surface area (Å²) in [6, 6.07) is 3.21. The smallest absolute Gasteiger partial charge is 0.504 e. The largest absolute Gasteiger partial charge is 0.537 e. The van der Waals surface area contributed by atoms with Crippen LogP contribution in [0, 0.1) is 5.82 Å². The van der Waals surface area contributed by atoms with Gasteiger partial charge in [-0.15, -0.1) is 0 Å². The van der Waals surface area contributed by atoms with Crippen LogP contribution in [0.5, 0.6) is 5.75 Å². The first kappa shape index (κ1) is 11.0. The van der Waals surface area contributed by atoms with Crippen LogP contribution in [0.4, 0.5) is 4.39 Å². The summed E-state index contributed by atoms with van der Waals surface area (Å²) in [6.07, 6.45) is 0.981. The molecule has 1 aromatic rings. The molecule has 0 radical (unpaired) electrons. The van der Waals surface area contributed by atoms with Gasteiger partial charge in [-0.3, -0.25) is 0 Å². The topological polar surface area (TPSA) is 63.6 Å². The van der Waals surface area contributed by atoms with E-state index in [1.54, 1.807) is 0 Å². The van der Waals surface area contributed by atoms with E-state index in [9.17, 15) is 12.8 Å². The molecule has 0 aromatic heterocycles. The number of sulfone groups is 1. The van der Waals surface area contributed by atoms with Gasteiger partial charge in [0.05, 0.1) is 4.90 Å². The van der Waals surface area contributed by atoms with Crippen molar-refractivity contribution in [2.24, 2.45) is 0 Å². The molecule has 7 heteroatoms. The van der Waals surface area contributed by atoms with Gasteiger partial charge in [0.2, 0.25) is 0 Å². The highest BCUT2D eigenvalue weighted by atomic mass is 32.2. The second-order valence-corrected chi connectivity index (χ2v) is 4.65. The van der Waals surface area contributed by atoms with Crippen molar-refractivity contribution >= 4 is 17.5 Å². The van der Waals surface area contributed by atoms with E-state index in [0.29, 0.717) is 0 Å². The number of hydrogen-bond acceptors (Lipinski definition) is 4. The molecule has 0 aliphatic carbocycles. The Labute approximate surface area is 81.6 Å². The average Bonchev–Trinajstić information content (AvgIpc) is 2.07. The molecule has 4 nitrogen and oxygen atoms in total. The van der Waals surface area contributed by atoms with Crippen LogP contribution in [0.25, 0.3) is 0 Å². The van der Waals surface area contributed by atoms with Crippen molar-refractivity contribution < 1.29 is 22.5 Å². The van der Waals surface area contributed by atoms with Crippen molar-refractivity contribution in [2.45, 2.75) is 4.90 Å². The fourth-order valence-corrected chi connectivity index (χ4v) is 1.53. The van der Waals surface area contributed by atoms with Crippen molar-refractivity contribution in [3.05, 3.63) is 24.0 Å². The summed E-state index contributed by atoms with van der Waals surface area (Å²) in [5.41, 5.74) is 0. The highest BCUT2D eigenvalue weighted by molar-refractivity contribution is 7.90. The lowest BCUT2D eigenvalue weighted by Crippen LogP contribution is -2.03. The van der Waals surface area contributed by atoms with Crippen molar-refractivity contribution in [2.75, 3.05) is 6.26 Å². The van der Waals surface area contributed by atoms with Gasteiger partial charge in [0, 0.05) is 6.26 Å². The normalized spacial score (nSPS) is 11.1. The summed E-state index contributed by atoms with van der Waals surface area (Å²) < 4.78 is 39.6. The maximum Gasteiger partial charge on any atom is 0.504 e. The lowest BCUT2D eigenvalue weighted by atomic mass is 10.3. The molecule has 0 spiro atoms. The Bertz CT molecular complexity index is 431. The predicted octanol–water partition coefficient (Wildman–Crippen LogP) is -0.133. The minimum absolute atomic E-state index is 0.125. The molecular formula is C7H8BFO4S. The van der Waals surface area contributed by atoms with Gasteiger partial charge in [0.1, 0.15) is 5.75 Å². The van der Waals surface area contributed by atoms with Crippen LogP contribution in [0.2, 0.25) is 0 Å². The van der Waals surface area contributed by atoms with Gasteiger partial charge in [-0.25, -0.2) is 12.8 Å². The fraction of sp³-hybridized carbons (Fsp3) is 0.143. The van der Waals surface area contributed by atoms with Gasteiger partial charge in [-0.1, -0.05) is 0 Å². The molecule has 0 fully saturated rings. The van der Waals surface area contributed by atoms with Crippen LogP contribution in [0.15, 0.2) is 23.1 Å². The van der Waals surface area contributed by atoms with E-state index in [0.717, 1.165) is 18.4 Å². The molecule has 0 heterocycles. The third-order valence-electron chi connectivity index (χ3n) is 1.55. The fourth-order valence-electron chi connectivity index (χ4n) is 0.899. The standard InChI is InChI=1S/C7H8BFO4S/c1-14(11,12)5-2-3-7(13-8-10)6(9)4-5/h2-4,8,10H,1H3.